The zero-order valence-corrected chi connectivity index (χ0v) is 10.2. The normalized spacial score (nSPS) is 17.8. The summed E-state index contributed by atoms with van der Waals surface area (Å²) in [6, 6.07) is 8.96. The number of benzene rings is 1. The highest BCUT2D eigenvalue weighted by atomic mass is 16.4. The summed E-state index contributed by atoms with van der Waals surface area (Å²) in [6.45, 7) is 1.73. The van der Waals surface area contributed by atoms with Crippen LogP contribution in [-0.4, -0.2) is 25.8 Å². The van der Waals surface area contributed by atoms with Gasteiger partial charge in [-0.1, -0.05) is 30.3 Å². The molecular formula is C13H12N4O2. The zero-order valence-electron chi connectivity index (χ0n) is 10.2. The van der Waals surface area contributed by atoms with Crippen LogP contribution in [0, 0.1) is 0 Å². The van der Waals surface area contributed by atoms with E-state index in [0.29, 0.717) is 11.6 Å². The van der Waals surface area contributed by atoms with E-state index in [0.717, 1.165) is 5.56 Å². The van der Waals surface area contributed by atoms with Gasteiger partial charge in [0.05, 0.1) is 5.57 Å². The average molecular weight is 256 g/mol. The first-order chi connectivity index (χ1) is 9.18. The van der Waals surface area contributed by atoms with E-state index in [9.17, 15) is 9.90 Å². The molecule has 3 rings (SSSR count). The number of hydrogen-bond acceptors (Lipinski definition) is 4. The number of rotatable bonds is 2. The third-order valence-electron chi connectivity index (χ3n) is 3.14. The van der Waals surface area contributed by atoms with Crippen LogP contribution in [-0.2, 0) is 4.79 Å². The van der Waals surface area contributed by atoms with Gasteiger partial charge >= 0.3 is 5.97 Å². The fourth-order valence-corrected chi connectivity index (χ4v) is 2.31. The molecule has 0 saturated heterocycles. The predicted octanol–water partition coefficient (Wildman–Crippen LogP) is 1.65. The summed E-state index contributed by atoms with van der Waals surface area (Å²) < 4.78 is 1.59. The molecule has 0 fully saturated rings. The monoisotopic (exact) mass is 256 g/mol. The number of aliphatic carboxylic acids is 1. The lowest BCUT2D eigenvalue weighted by molar-refractivity contribution is -0.133. The lowest BCUT2D eigenvalue weighted by Crippen LogP contribution is -2.28. The van der Waals surface area contributed by atoms with Crippen molar-refractivity contribution in [1.29, 1.82) is 0 Å². The average Bonchev–Trinajstić information content (AvgIpc) is 2.85. The van der Waals surface area contributed by atoms with Crippen molar-refractivity contribution in [3.63, 3.8) is 0 Å². The second kappa shape index (κ2) is 4.24. The number of carboxylic acid groups (broad SMARTS) is 1. The minimum Gasteiger partial charge on any atom is -0.478 e. The first-order valence-corrected chi connectivity index (χ1v) is 5.84. The number of carbonyl (C=O) groups is 1. The van der Waals surface area contributed by atoms with Gasteiger partial charge < -0.3 is 10.4 Å². The third kappa shape index (κ3) is 1.77. The van der Waals surface area contributed by atoms with Crippen LogP contribution in [0.3, 0.4) is 0 Å². The number of nitrogens with one attached hydrogen (secondary N) is 1. The second-order valence-corrected chi connectivity index (χ2v) is 4.31. The van der Waals surface area contributed by atoms with Crippen LogP contribution in [0.2, 0.25) is 0 Å². The second-order valence-electron chi connectivity index (χ2n) is 4.31. The summed E-state index contributed by atoms with van der Waals surface area (Å²) in [5.74, 6) is -0.406. The lowest BCUT2D eigenvalue weighted by atomic mass is 9.96. The van der Waals surface area contributed by atoms with E-state index in [1.54, 1.807) is 11.6 Å². The van der Waals surface area contributed by atoms with Gasteiger partial charge in [0.25, 0.3) is 0 Å². The SMILES string of the molecule is CC1=C(C(=O)O)[C@@H](c2ccccc2)n2ncnc2N1. The molecule has 2 aromatic rings. The van der Waals surface area contributed by atoms with Crippen LogP contribution in [0.5, 0.6) is 0 Å². The minimum atomic E-state index is -0.958. The summed E-state index contributed by atoms with van der Waals surface area (Å²) in [5.41, 5.74) is 1.73. The number of fused-ring (bicyclic) bond motifs is 1. The van der Waals surface area contributed by atoms with Gasteiger partial charge in [-0.2, -0.15) is 10.1 Å². The van der Waals surface area contributed by atoms with Crippen molar-refractivity contribution in [3.8, 4) is 0 Å². The topological polar surface area (TPSA) is 80.0 Å². The molecule has 96 valence electrons. The van der Waals surface area contributed by atoms with Crippen LogP contribution < -0.4 is 5.32 Å². The molecule has 0 amide bonds. The number of aromatic nitrogens is 3. The summed E-state index contributed by atoms with van der Waals surface area (Å²) in [7, 11) is 0. The Kier molecular flexibility index (Phi) is 2.56. The molecule has 1 aromatic carbocycles. The minimum absolute atomic E-state index is 0.282. The molecule has 19 heavy (non-hydrogen) atoms. The Bertz CT molecular complexity index is 660. The molecular weight excluding hydrogens is 244 g/mol. The van der Waals surface area contributed by atoms with Gasteiger partial charge in [-0.3, -0.25) is 0 Å². The highest BCUT2D eigenvalue weighted by Gasteiger charge is 2.32. The Morgan fingerprint density at radius 1 is 1.37 bits per heavy atom. The van der Waals surface area contributed by atoms with Gasteiger partial charge in [0.15, 0.2) is 0 Å². The van der Waals surface area contributed by atoms with Crippen molar-refractivity contribution in [1.82, 2.24) is 14.8 Å². The molecule has 0 unspecified atom stereocenters. The van der Waals surface area contributed by atoms with Gasteiger partial charge in [-0.05, 0) is 12.5 Å². The Morgan fingerprint density at radius 3 is 2.79 bits per heavy atom. The fourth-order valence-electron chi connectivity index (χ4n) is 2.31. The van der Waals surface area contributed by atoms with Crippen molar-refractivity contribution in [3.05, 3.63) is 53.5 Å². The smallest absolute Gasteiger partial charge is 0.335 e. The number of allylic oxidation sites excluding steroid dienone is 1. The van der Waals surface area contributed by atoms with E-state index < -0.39 is 12.0 Å². The van der Waals surface area contributed by atoms with E-state index in [-0.39, 0.29) is 5.57 Å². The van der Waals surface area contributed by atoms with E-state index >= 15 is 0 Å². The summed E-state index contributed by atoms with van der Waals surface area (Å²) in [5, 5.41) is 16.5. The largest absolute Gasteiger partial charge is 0.478 e. The third-order valence-corrected chi connectivity index (χ3v) is 3.14. The van der Waals surface area contributed by atoms with Crippen LogP contribution in [0.25, 0.3) is 0 Å². The van der Waals surface area contributed by atoms with Crippen molar-refractivity contribution in [2.75, 3.05) is 5.32 Å². The van der Waals surface area contributed by atoms with Crippen molar-refractivity contribution in [2.24, 2.45) is 0 Å². The standard InChI is InChI=1S/C13H12N4O2/c1-8-10(12(18)19)11(9-5-3-2-4-6-9)17-13(16-8)14-7-15-17/h2-7,11H,1H3,(H,18,19)(H,14,15,16)/t11-/m1/s1. The van der Waals surface area contributed by atoms with Crippen LogP contribution in [0.4, 0.5) is 5.95 Å². The van der Waals surface area contributed by atoms with E-state index in [1.165, 1.54) is 6.33 Å². The van der Waals surface area contributed by atoms with E-state index in [1.807, 2.05) is 30.3 Å². The number of anilines is 1. The summed E-state index contributed by atoms with van der Waals surface area (Å²) in [4.78, 5) is 15.6. The van der Waals surface area contributed by atoms with E-state index in [2.05, 4.69) is 15.4 Å². The quantitative estimate of drug-likeness (QED) is 0.854. The maximum absolute atomic E-state index is 11.5. The van der Waals surface area contributed by atoms with E-state index in [4.69, 9.17) is 0 Å². The molecule has 2 N–H and O–H groups in total. The zero-order chi connectivity index (χ0) is 13.4. The molecule has 6 heteroatoms. The molecule has 1 aliphatic heterocycles. The Morgan fingerprint density at radius 2 is 2.11 bits per heavy atom. The molecule has 0 radical (unpaired) electrons. The number of nitrogens with zero attached hydrogens (tertiary/aromatic N) is 3. The van der Waals surface area contributed by atoms with Crippen molar-refractivity contribution in [2.45, 2.75) is 13.0 Å². The number of carboxylic acids is 1. The predicted molar refractivity (Wildman–Crippen MR) is 68.6 cm³/mol. The Balaban J connectivity index is 2.21. The maximum Gasteiger partial charge on any atom is 0.335 e. The molecule has 0 saturated carbocycles. The molecule has 2 heterocycles. The summed E-state index contributed by atoms with van der Waals surface area (Å²) in [6.07, 6.45) is 1.41. The summed E-state index contributed by atoms with van der Waals surface area (Å²) >= 11 is 0. The Hall–Kier alpha value is -2.63. The first-order valence-electron chi connectivity index (χ1n) is 5.84. The Labute approximate surface area is 109 Å². The van der Waals surface area contributed by atoms with Gasteiger partial charge in [0.1, 0.15) is 12.4 Å². The molecule has 0 spiro atoms. The van der Waals surface area contributed by atoms with Crippen molar-refractivity contribution >= 4 is 11.9 Å². The molecule has 0 bridgehead atoms. The lowest BCUT2D eigenvalue weighted by Gasteiger charge is -2.27. The first kappa shape index (κ1) is 11.5. The van der Waals surface area contributed by atoms with Crippen LogP contribution >= 0.6 is 0 Å². The van der Waals surface area contributed by atoms with Crippen LogP contribution in [0.15, 0.2) is 47.9 Å². The van der Waals surface area contributed by atoms with Gasteiger partial charge in [0.2, 0.25) is 5.95 Å². The highest BCUT2D eigenvalue weighted by Crippen LogP contribution is 2.34. The van der Waals surface area contributed by atoms with Gasteiger partial charge in [0, 0.05) is 5.70 Å². The molecule has 1 aliphatic rings. The molecule has 6 nitrogen and oxygen atoms in total. The molecule has 1 aromatic heterocycles. The molecule has 1 atom stereocenters. The highest BCUT2D eigenvalue weighted by molar-refractivity contribution is 5.90. The maximum atomic E-state index is 11.5. The van der Waals surface area contributed by atoms with Crippen molar-refractivity contribution < 1.29 is 9.90 Å². The van der Waals surface area contributed by atoms with Gasteiger partial charge in [-0.15, -0.1) is 0 Å². The molecule has 0 aliphatic carbocycles. The van der Waals surface area contributed by atoms with Crippen LogP contribution in [0.1, 0.15) is 18.5 Å². The number of hydrogen-bond donors (Lipinski definition) is 2. The van der Waals surface area contributed by atoms with Gasteiger partial charge in [-0.25, -0.2) is 9.48 Å². The fraction of sp³-hybridized carbons (Fsp3) is 0.154.